The van der Waals surface area contributed by atoms with Gasteiger partial charge in [-0.15, -0.1) is 0 Å². The highest BCUT2D eigenvalue weighted by atomic mass is 16.6. The Kier molecular flexibility index (Phi) is 6.54. The number of nitro groups is 2. The summed E-state index contributed by atoms with van der Waals surface area (Å²) in [6.45, 7) is 0. The third-order valence-electron chi connectivity index (χ3n) is 5.65. The molecule has 7 nitrogen and oxygen atoms in total. The van der Waals surface area contributed by atoms with Gasteiger partial charge >= 0.3 is 0 Å². The van der Waals surface area contributed by atoms with Crippen molar-refractivity contribution >= 4 is 5.78 Å². The number of hydrogen-bond donors (Lipinski definition) is 0. The van der Waals surface area contributed by atoms with Crippen LogP contribution in [0.25, 0.3) is 0 Å². The van der Waals surface area contributed by atoms with Crippen molar-refractivity contribution in [1.82, 2.24) is 0 Å². The van der Waals surface area contributed by atoms with E-state index in [-0.39, 0.29) is 22.3 Å². The first-order valence-electron chi connectivity index (χ1n) is 10.6. The van der Waals surface area contributed by atoms with Gasteiger partial charge in [0.2, 0.25) is 0 Å². The molecule has 0 fully saturated rings. The van der Waals surface area contributed by atoms with Crippen LogP contribution >= 0.6 is 0 Å². The fourth-order valence-electron chi connectivity index (χ4n) is 4.13. The molecule has 0 amide bonds. The van der Waals surface area contributed by atoms with E-state index in [1.165, 1.54) is 12.1 Å². The Bertz CT molecular complexity index is 1240. The SMILES string of the molecule is O=C(c1ccccc1C(c1ccccc1)[N+](=O)[O-])c1ccccc1C(c1ccccc1)[N+](=O)[O-]. The summed E-state index contributed by atoms with van der Waals surface area (Å²) in [7, 11) is 0. The second kappa shape index (κ2) is 9.87. The molecular formula is C27H20N2O5. The Morgan fingerprint density at radius 2 is 0.853 bits per heavy atom. The van der Waals surface area contributed by atoms with Crippen LogP contribution in [0.4, 0.5) is 0 Å². The third kappa shape index (κ3) is 4.45. The van der Waals surface area contributed by atoms with E-state index in [0.29, 0.717) is 11.1 Å². The predicted octanol–water partition coefficient (Wildman–Crippen LogP) is 5.65. The zero-order valence-electron chi connectivity index (χ0n) is 18.0. The van der Waals surface area contributed by atoms with Gasteiger partial charge in [0, 0.05) is 43.2 Å². The zero-order valence-corrected chi connectivity index (χ0v) is 18.0. The van der Waals surface area contributed by atoms with Crippen molar-refractivity contribution in [2.24, 2.45) is 0 Å². The highest BCUT2D eigenvalue weighted by Gasteiger charge is 2.33. The van der Waals surface area contributed by atoms with Crippen LogP contribution in [0.2, 0.25) is 0 Å². The largest absolute Gasteiger partial charge is 0.289 e. The van der Waals surface area contributed by atoms with Crippen LogP contribution in [-0.4, -0.2) is 15.6 Å². The molecule has 2 atom stereocenters. The van der Waals surface area contributed by atoms with Crippen LogP contribution in [0.3, 0.4) is 0 Å². The van der Waals surface area contributed by atoms with E-state index in [2.05, 4.69) is 0 Å². The smallest absolute Gasteiger partial charge is 0.263 e. The van der Waals surface area contributed by atoms with Crippen molar-refractivity contribution in [1.29, 1.82) is 0 Å². The monoisotopic (exact) mass is 452 g/mol. The van der Waals surface area contributed by atoms with Crippen molar-refractivity contribution in [2.75, 3.05) is 0 Å². The predicted molar refractivity (Wildman–Crippen MR) is 127 cm³/mol. The van der Waals surface area contributed by atoms with E-state index < -0.39 is 27.7 Å². The lowest BCUT2D eigenvalue weighted by atomic mass is 9.87. The average Bonchev–Trinajstić information content (AvgIpc) is 2.85. The standard InChI is InChI=1S/C27H20N2O5/c30-27(23-17-9-7-15-21(23)25(28(31)32)19-11-3-1-4-12-19)24-18-10-8-16-22(24)26(29(33)34)20-13-5-2-6-14-20/h1-18,25-26H. The molecule has 0 heterocycles. The lowest BCUT2D eigenvalue weighted by Gasteiger charge is -2.17. The topological polar surface area (TPSA) is 103 Å². The molecule has 0 aliphatic carbocycles. The molecule has 0 aromatic heterocycles. The summed E-state index contributed by atoms with van der Waals surface area (Å²) in [6, 6.07) is 27.1. The molecule has 4 aromatic rings. The Morgan fingerprint density at radius 1 is 0.529 bits per heavy atom. The van der Waals surface area contributed by atoms with Gasteiger partial charge in [-0.1, -0.05) is 109 Å². The Hall–Kier alpha value is -4.65. The maximum absolute atomic E-state index is 13.8. The van der Waals surface area contributed by atoms with Crippen LogP contribution < -0.4 is 0 Å². The number of carbonyl (C=O) groups excluding carboxylic acids is 1. The van der Waals surface area contributed by atoms with Gasteiger partial charge in [0.1, 0.15) is 0 Å². The van der Waals surface area contributed by atoms with Crippen LogP contribution in [-0.2, 0) is 0 Å². The van der Waals surface area contributed by atoms with Crippen molar-refractivity contribution < 1.29 is 14.6 Å². The van der Waals surface area contributed by atoms with Gasteiger partial charge in [0.15, 0.2) is 5.78 Å². The van der Waals surface area contributed by atoms with Crippen molar-refractivity contribution in [2.45, 2.75) is 12.1 Å². The van der Waals surface area contributed by atoms with Gasteiger partial charge in [-0.2, -0.15) is 0 Å². The van der Waals surface area contributed by atoms with E-state index in [1.54, 1.807) is 97.1 Å². The molecule has 168 valence electrons. The molecule has 0 saturated heterocycles. The molecule has 0 saturated carbocycles. The van der Waals surface area contributed by atoms with E-state index in [9.17, 15) is 25.0 Å². The lowest BCUT2D eigenvalue weighted by molar-refractivity contribution is -0.517. The van der Waals surface area contributed by atoms with Gasteiger partial charge < -0.3 is 0 Å². The maximum Gasteiger partial charge on any atom is 0.263 e. The number of benzene rings is 4. The summed E-state index contributed by atoms with van der Waals surface area (Å²) >= 11 is 0. The molecular weight excluding hydrogens is 432 g/mol. The first-order chi connectivity index (χ1) is 16.5. The number of hydrogen-bond acceptors (Lipinski definition) is 5. The number of carbonyl (C=O) groups is 1. The molecule has 0 radical (unpaired) electrons. The average molecular weight is 452 g/mol. The minimum atomic E-state index is -1.26. The Balaban J connectivity index is 1.85. The van der Waals surface area contributed by atoms with Crippen LogP contribution in [0.15, 0.2) is 109 Å². The molecule has 0 N–H and O–H groups in total. The third-order valence-corrected chi connectivity index (χ3v) is 5.65. The van der Waals surface area contributed by atoms with E-state index >= 15 is 0 Å². The zero-order chi connectivity index (χ0) is 24.1. The van der Waals surface area contributed by atoms with Crippen molar-refractivity contribution in [3.8, 4) is 0 Å². The summed E-state index contributed by atoms with van der Waals surface area (Å²) < 4.78 is 0. The number of rotatable bonds is 8. The highest BCUT2D eigenvalue weighted by Crippen LogP contribution is 2.33. The van der Waals surface area contributed by atoms with Crippen LogP contribution in [0, 0.1) is 20.2 Å². The molecule has 0 aliphatic rings. The molecule has 34 heavy (non-hydrogen) atoms. The van der Waals surface area contributed by atoms with E-state index in [1.807, 2.05) is 0 Å². The Morgan fingerprint density at radius 3 is 1.21 bits per heavy atom. The van der Waals surface area contributed by atoms with Gasteiger partial charge in [-0.05, 0) is 0 Å². The Labute approximate surface area is 195 Å². The quantitative estimate of drug-likeness (QED) is 0.195. The fourth-order valence-corrected chi connectivity index (χ4v) is 4.13. The molecule has 0 aliphatic heterocycles. The van der Waals surface area contributed by atoms with Crippen molar-refractivity contribution in [3.05, 3.63) is 163 Å². The van der Waals surface area contributed by atoms with Gasteiger partial charge in [-0.25, -0.2) is 0 Å². The highest BCUT2D eigenvalue weighted by molar-refractivity contribution is 6.11. The van der Waals surface area contributed by atoms with E-state index in [0.717, 1.165) is 0 Å². The number of ketones is 1. The lowest BCUT2D eigenvalue weighted by Crippen LogP contribution is -2.19. The van der Waals surface area contributed by atoms with Crippen LogP contribution in [0.1, 0.15) is 50.3 Å². The summed E-state index contributed by atoms with van der Waals surface area (Å²) in [6.07, 6.45) is 0. The summed E-state index contributed by atoms with van der Waals surface area (Å²) in [5, 5.41) is 24.1. The minimum Gasteiger partial charge on any atom is -0.289 e. The van der Waals surface area contributed by atoms with Gasteiger partial charge in [0.25, 0.3) is 12.1 Å². The molecule has 0 spiro atoms. The summed E-state index contributed by atoms with van der Waals surface area (Å²) in [4.78, 5) is 37.0. The van der Waals surface area contributed by atoms with Crippen LogP contribution in [0.5, 0.6) is 0 Å². The summed E-state index contributed by atoms with van der Waals surface area (Å²) in [5.74, 6) is -0.503. The summed E-state index contributed by atoms with van der Waals surface area (Å²) in [5.41, 5.74) is 1.61. The molecule has 2 unspecified atom stereocenters. The van der Waals surface area contributed by atoms with Crippen molar-refractivity contribution in [3.63, 3.8) is 0 Å². The normalized spacial score (nSPS) is 12.5. The maximum atomic E-state index is 13.8. The first-order valence-corrected chi connectivity index (χ1v) is 10.6. The second-order valence-corrected chi connectivity index (χ2v) is 7.70. The second-order valence-electron chi connectivity index (χ2n) is 7.70. The minimum absolute atomic E-state index is 0.135. The molecule has 7 heteroatoms. The van der Waals surface area contributed by atoms with Gasteiger partial charge in [0.05, 0.1) is 0 Å². The van der Waals surface area contributed by atoms with Gasteiger partial charge in [-0.3, -0.25) is 25.0 Å². The molecule has 0 bridgehead atoms. The number of nitrogens with zero attached hydrogens (tertiary/aromatic N) is 2. The van der Waals surface area contributed by atoms with E-state index in [4.69, 9.17) is 0 Å². The first kappa shape index (κ1) is 22.5. The molecule has 4 aromatic carbocycles. The fraction of sp³-hybridized carbons (Fsp3) is 0.0741. The molecule has 4 rings (SSSR count).